The molecule has 2 aromatic carbocycles. The molecule has 4 N–H and O–H groups in total. The standard InChI is InChI=1S/C38H44N10O4/c1-23(2)18-34(49)47-16-4-6-32(47)35-39-21-30(42-35)26-12-8-24(9-13-26)25-10-14-27(15-11-25)31-22-40-36(43-31)33-7-5-17-48(33)37(50)29(44-38(51)52-3)19-28-20-41-46-45-28/h8-15,20-23,29,32-33H,4-7,16-19H2,1-3H3,(H,39,42)(H,40,43)(H,44,51)(H,41,45,46)/t29-,32-,33?/m0/s1. The summed E-state index contributed by atoms with van der Waals surface area (Å²) in [6.07, 6.45) is 8.71. The molecule has 0 spiro atoms. The summed E-state index contributed by atoms with van der Waals surface area (Å²) >= 11 is 0. The van der Waals surface area contributed by atoms with Gasteiger partial charge in [-0.1, -0.05) is 62.4 Å². The van der Waals surface area contributed by atoms with Crippen molar-refractivity contribution in [1.29, 1.82) is 0 Å². The van der Waals surface area contributed by atoms with Crippen molar-refractivity contribution in [2.24, 2.45) is 5.92 Å². The number of nitrogens with zero attached hydrogens (tertiary/aromatic N) is 6. The van der Waals surface area contributed by atoms with E-state index in [1.165, 1.54) is 13.3 Å². The van der Waals surface area contributed by atoms with Crippen LogP contribution in [0.4, 0.5) is 4.79 Å². The van der Waals surface area contributed by atoms with Gasteiger partial charge in [0, 0.05) is 25.9 Å². The third-order valence-corrected chi connectivity index (χ3v) is 9.89. The van der Waals surface area contributed by atoms with Crippen molar-refractivity contribution >= 4 is 17.9 Å². The van der Waals surface area contributed by atoms with Crippen LogP contribution < -0.4 is 5.32 Å². The third kappa shape index (κ3) is 7.46. The van der Waals surface area contributed by atoms with Crippen LogP contribution in [0.25, 0.3) is 33.6 Å². The first-order chi connectivity index (χ1) is 25.3. The van der Waals surface area contributed by atoms with Gasteiger partial charge in [-0.15, -0.1) is 0 Å². The van der Waals surface area contributed by atoms with Gasteiger partial charge in [0.05, 0.1) is 54.9 Å². The highest BCUT2D eigenvalue weighted by molar-refractivity contribution is 5.86. The van der Waals surface area contributed by atoms with Gasteiger partial charge in [0.1, 0.15) is 17.7 Å². The first-order valence-electron chi connectivity index (χ1n) is 17.9. The summed E-state index contributed by atoms with van der Waals surface area (Å²) in [4.78, 5) is 58.6. The Balaban J connectivity index is 1.01. The average molecular weight is 705 g/mol. The predicted molar refractivity (Wildman–Crippen MR) is 193 cm³/mol. The van der Waals surface area contributed by atoms with Gasteiger partial charge in [0.2, 0.25) is 11.8 Å². The predicted octanol–water partition coefficient (Wildman–Crippen LogP) is 5.59. The Labute approximate surface area is 301 Å². The van der Waals surface area contributed by atoms with Gasteiger partial charge >= 0.3 is 6.09 Å². The molecule has 14 nitrogen and oxygen atoms in total. The number of likely N-dealkylation sites (tertiary alicyclic amines) is 2. The third-order valence-electron chi connectivity index (χ3n) is 9.89. The summed E-state index contributed by atoms with van der Waals surface area (Å²) in [6, 6.07) is 15.5. The van der Waals surface area contributed by atoms with Crippen molar-refractivity contribution in [3.8, 4) is 33.6 Å². The minimum absolute atomic E-state index is 0.00177. The number of nitrogens with one attached hydrogen (secondary N) is 4. The monoisotopic (exact) mass is 704 g/mol. The molecular formula is C38H44N10O4. The van der Waals surface area contributed by atoms with E-state index < -0.39 is 12.1 Å². The van der Waals surface area contributed by atoms with E-state index in [-0.39, 0.29) is 30.3 Å². The maximum atomic E-state index is 13.7. The molecule has 0 aliphatic carbocycles. The number of H-pyrrole nitrogens is 3. The number of aromatic nitrogens is 7. The van der Waals surface area contributed by atoms with Crippen LogP contribution in [-0.2, 0) is 20.7 Å². The molecule has 2 aliphatic heterocycles. The molecule has 2 fully saturated rings. The fourth-order valence-electron chi connectivity index (χ4n) is 7.25. The van der Waals surface area contributed by atoms with Crippen LogP contribution in [0.15, 0.2) is 67.1 Å². The van der Waals surface area contributed by atoms with E-state index in [1.807, 2.05) is 11.1 Å². The number of imidazole rings is 2. The number of methoxy groups -OCH3 is 1. The van der Waals surface area contributed by atoms with Crippen LogP contribution in [-0.4, -0.2) is 89.3 Å². The topological polar surface area (TPSA) is 178 Å². The van der Waals surface area contributed by atoms with E-state index in [1.54, 1.807) is 11.1 Å². The number of hydrogen-bond acceptors (Lipinski definition) is 8. The van der Waals surface area contributed by atoms with Crippen LogP contribution in [0.2, 0.25) is 0 Å². The zero-order valence-electron chi connectivity index (χ0n) is 29.6. The summed E-state index contributed by atoms with van der Waals surface area (Å²) in [5.74, 6) is 1.85. The second-order valence-electron chi connectivity index (χ2n) is 13.9. The Morgan fingerprint density at radius 2 is 1.35 bits per heavy atom. The largest absolute Gasteiger partial charge is 0.453 e. The Morgan fingerprint density at radius 1 is 0.808 bits per heavy atom. The van der Waals surface area contributed by atoms with Crippen molar-refractivity contribution in [3.05, 3.63) is 84.5 Å². The highest BCUT2D eigenvalue weighted by atomic mass is 16.5. The number of ether oxygens (including phenoxy) is 1. The molecule has 5 heterocycles. The molecule has 270 valence electrons. The fourth-order valence-corrected chi connectivity index (χ4v) is 7.25. The molecule has 5 aromatic rings. The maximum absolute atomic E-state index is 13.7. The lowest BCUT2D eigenvalue weighted by Gasteiger charge is -2.27. The molecule has 3 aromatic heterocycles. The van der Waals surface area contributed by atoms with Crippen LogP contribution in [0.3, 0.4) is 0 Å². The summed E-state index contributed by atoms with van der Waals surface area (Å²) in [7, 11) is 1.26. The Hall–Kier alpha value is -5.79. The van der Waals surface area contributed by atoms with Crippen LogP contribution in [0, 0.1) is 5.92 Å². The number of carbonyl (C=O) groups excluding carboxylic acids is 3. The van der Waals surface area contributed by atoms with Crippen molar-refractivity contribution in [2.45, 2.75) is 70.5 Å². The molecule has 14 heteroatoms. The lowest BCUT2D eigenvalue weighted by Crippen LogP contribution is -2.49. The summed E-state index contributed by atoms with van der Waals surface area (Å²) in [5.41, 5.74) is 6.51. The first-order valence-corrected chi connectivity index (χ1v) is 17.9. The number of hydrogen-bond donors (Lipinski definition) is 4. The lowest BCUT2D eigenvalue weighted by molar-refractivity contribution is -0.134. The fraction of sp³-hybridized carbons (Fsp3) is 0.395. The van der Waals surface area contributed by atoms with Crippen LogP contribution >= 0.6 is 0 Å². The number of carbonyl (C=O) groups is 3. The van der Waals surface area contributed by atoms with E-state index in [2.05, 4.69) is 103 Å². The van der Waals surface area contributed by atoms with E-state index >= 15 is 0 Å². The van der Waals surface area contributed by atoms with Crippen molar-refractivity contribution in [1.82, 2.24) is 50.5 Å². The van der Waals surface area contributed by atoms with Gasteiger partial charge in [-0.2, -0.15) is 15.4 Å². The minimum Gasteiger partial charge on any atom is -0.453 e. The minimum atomic E-state index is -0.861. The second kappa shape index (κ2) is 15.2. The lowest BCUT2D eigenvalue weighted by atomic mass is 10.0. The molecule has 1 unspecified atom stereocenters. The van der Waals surface area contributed by atoms with E-state index in [4.69, 9.17) is 4.74 Å². The van der Waals surface area contributed by atoms with E-state index in [0.29, 0.717) is 30.4 Å². The highest BCUT2D eigenvalue weighted by Crippen LogP contribution is 2.35. The second-order valence-corrected chi connectivity index (χ2v) is 13.9. The van der Waals surface area contributed by atoms with Crippen molar-refractivity contribution < 1.29 is 19.1 Å². The summed E-state index contributed by atoms with van der Waals surface area (Å²) in [5, 5.41) is 13.1. The van der Waals surface area contributed by atoms with Crippen molar-refractivity contribution in [2.75, 3.05) is 20.2 Å². The molecule has 0 radical (unpaired) electrons. The Bertz CT molecular complexity index is 1980. The number of benzene rings is 2. The summed E-state index contributed by atoms with van der Waals surface area (Å²) in [6.45, 7) is 5.48. The summed E-state index contributed by atoms with van der Waals surface area (Å²) < 4.78 is 4.77. The van der Waals surface area contributed by atoms with Crippen molar-refractivity contribution in [3.63, 3.8) is 0 Å². The molecule has 2 aliphatic rings. The molecule has 3 amide bonds. The molecule has 0 saturated carbocycles. The maximum Gasteiger partial charge on any atom is 0.407 e. The highest BCUT2D eigenvalue weighted by Gasteiger charge is 2.37. The Kier molecular flexibility index (Phi) is 10.1. The molecule has 2 saturated heterocycles. The molecule has 52 heavy (non-hydrogen) atoms. The number of amides is 3. The average Bonchev–Trinajstić information content (AvgIpc) is 4.00. The molecular weight excluding hydrogens is 660 g/mol. The van der Waals surface area contributed by atoms with Crippen LogP contribution in [0.5, 0.6) is 0 Å². The van der Waals surface area contributed by atoms with E-state index in [9.17, 15) is 14.4 Å². The number of alkyl carbamates (subject to hydrolysis) is 1. The van der Waals surface area contributed by atoms with Gasteiger partial charge < -0.3 is 29.8 Å². The smallest absolute Gasteiger partial charge is 0.407 e. The van der Waals surface area contributed by atoms with Gasteiger partial charge in [-0.05, 0) is 53.9 Å². The SMILES string of the molecule is COC(=O)N[C@@H](Cc1cn[nH]n1)C(=O)N1CCCC1c1ncc(-c2ccc(-c3ccc(-c4cnc([C@@H]5CCCN5C(=O)CC(C)C)[nH]4)cc3)cc2)[nH]1. The molecule has 7 rings (SSSR count). The zero-order chi connectivity index (χ0) is 36.2. The van der Waals surface area contributed by atoms with E-state index in [0.717, 1.165) is 71.7 Å². The van der Waals surface area contributed by atoms with Gasteiger partial charge in [-0.25, -0.2) is 14.8 Å². The Morgan fingerprint density at radius 3 is 1.87 bits per heavy atom. The first kappa shape index (κ1) is 34.6. The van der Waals surface area contributed by atoms with Gasteiger partial charge in [0.15, 0.2) is 0 Å². The quantitative estimate of drug-likeness (QED) is 0.137. The number of aromatic amines is 3. The molecule has 3 atom stereocenters. The molecule has 0 bridgehead atoms. The zero-order valence-corrected chi connectivity index (χ0v) is 29.6. The number of rotatable bonds is 11. The van der Waals surface area contributed by atoms with Gasteiger partial charge in [-0.3, -0.25) is 9.59 Å². The van der Waals surface area contributed by atoms with Gasteiger partial charge in [0.25, 0.3) is 0 Å². The normalized spacial score (nSPS) is 17.8. The van der Waals surface area contributed by atoms with Crippen LogP contribution in [0.1, 0.15) is 75.4 Å².